The van der Waals surface area contributed by atoms with Gasteiger partial charge in [0.2, 0.25) is 5.91 Å². The number of carbonyl (C=O) groups is 1. The average Bonchev–Trinajstić information content (AvgIpc) is 2.15. The first-order valence-corrected chi connectivity index (χ1v) is 5.52. The average molecular weight is 232 g/mol. The van der Waals surface area contributed by atoms with Crippen LogP contribution in [0.1, 0.15) is 26.7 Å². The van der Waals surface area contributed by atoms with E-state index in [1.54, 1.807) is 7.11 Å². The van der Waals surface area contributed by atoms with Gasteiger partial charge in [0.05, 0.1) is 10.9 Å². The number of nitrogens with two attached hydrogens (primary N) is 1. The molecule has 0 aromatic carbocycles. The molecule has 0 aliphatic heterocycles. The highest BCUT2D eigenvalue weighted by Gasteiger charge is 2.20. The zero-order valence-electron chi connectivity index (χ0n) is 9.58. The predicted molar refractivity (Wildman–Crippen MR) is 64.7 cm³/mol. The van der Waals surface area contributed by atoms with Gasteiger partial charge in [-0.3, -0.25) is 4.79 Å². The predicted octanol–water partition coefficient (Wildman–Crippen LogP) is 0.840. The summed E-state index contributed by atoms with van der Waals surface area (Å²) in [6.07, 6.45) is 1.42. The van der Waals surface area contributed by atoms with Gasteiger partial charge in [0.1, 0.15) is 0 Å². The van der Waals surface area contributed by atoms with Gasteiger partial charge >= 0.3 is 0 Å². The fraction of sp³-hybridized carbons (Fsp3) is 0.800. The molecule has 5 heteroatoms. The first-order valence-electron chi connectivity index (χ1n) is 5.11. The summed E-state index contributed by atoms with van der Waals surface area (Å²) >= 11 is 4.82. The van der Waals surface area contributed by atoms with Crippen LogP contribution in [0.25, 0.3) is 0 Å². The number of methoxy groups -OCH3 is 1. The standard InChI is InChI=1S/C10H20N2O2S/c1-4-8(9(11)15)10(13)12-7(2)5-6-14-3/h7-8H,4-6H2,1-3H3,(H2,11,15)(H,12,13). The van der Waals surface area contributed by atoms with Crippen LogP contribution in [0.3, 0.4) is 0 Å². The highest BCUT2D eigenvalue weighted by molar-refractivity contribution is 7.80. The van der Waals surface area contributed by atoms with Gasteiger partial charge in [-0.15, -0.1) is 0 Å². The van der Waals surface area contributed by atoms with Gasteiger partial charge in [-0.25, -0.2) is 0 Å². The van der Waals surface area contributed by atoms with Crippen molar-refractivity contribution in [2.75, 3.05) is 13.7 Å². The zero-order chi connectivity index (χ0) is 11.8. The van der Waals surface area contributed by atoms with Crippen molar-refractivity contribution in [3.63, 3.8) is 0 Å². The van der Waals surface area contributed by atoms with E-state index in [9.17, 15) is 4.79 Å². The Balaban J connectivity index is 4.04. The van der Waals surface area contributed by atoms with Crippen molar-refractivity contribution in [2.45, 2.75) is 32.7 Å². The smallest absolute Gasteiger partial charge is 0.230 e. The molecular weight excluding hydrogens is 212 g/mol. The number of nitrogens with one attached hydrogen (secondary N) is 1. The van der Waals surface area contributed by atoms with Crippen molar-refractivity contribution < 1.29 is 9.53 Å². The fourth-order valence-electron chi connectivity index (χ4n) is 1.23. The van der Waals surface area contributed by atoms with E-state index in [1.807, 2.05) is 13.8 Å². The molecule has 4 nitrogen and oxygen atoms in total. The number of ether oxygens (including phenoxy) is 1. The van der Waals surface area contributed by atoms with Crippen LogP contribution in [0, 0.1) is 5.92 Å². The van der Waals surface area contributed by atoms with Gasteiger partial charge in [-0.1, -0.05) is 19.1 Å². The highest BCUT2D eigenvalue weighted by atomic mass is 32.1. The summed E-state index contributed by atoms with van der Waals surface area (Å²) in [5.41, 5.74) is 5.47. The SMILES string of the molecule is CCC(C(=O)NC(C)CCOC)C(N)=S. The molecule has 0 saturated heterocycles. The van der Waals surface area contributed by atoms with Gasteiger partial charge in [-0.2, -0.15) is 0 Å². The van der Waals surface area contributed by atoms with Crippen molar-refractivity contribution in [1.82, 2.24) is 5.32 Å². The van der Waals surface area contributed by atoms with Crippen LogP contribution in [0.2, 0.25) is 0 Å². The summed E-state index contributed by atoms with van der Waals surface area (Å²) in [7, 11) is 1.64. The highest BCUT2D eigenvalue weighted by Crippen LogP contribution is 2.04. The maximum Gasteiger partial charge on any atom is 0.230 e. The maximum absolute atomic E-state index is 11.7. The lowest BCUT2D eigenvalue weighted by Gasteiger charge is -2.18. The van der Waals surface area contributed by atoms with E-state index < -0.39 is 0 Å². The molecule has 2 unspecified atom stereocenters. The third-order valence-electron chi connectivity index (χ3n) is 2.21. The Morgan fingerprint density at radius 2 is 2.20 bits per heavy atom. The number of carbonyl (C=O) groups excluding carboxylic acids is 1. The lowest BCUT2D eigenvalue weighted by Crippen LogP contribution is -2.42. The van der Waals surface area contributed by atoms with Crippen molar-refractivity contribution in [3.8, 4) is 0 Å². The normalized spacial score (nSPS) is 14.3. The van der Waals surface area contributed by atoms with Gasteiger partial charge in [0.15, 0.2) is 0 Å². The Morgan fingerprint density at radius 3 is 2.60 bits per heavy atom. The summed E-state index contributed by atoms with van der Waals surface area (Å²) < 4.78 is 4.93. The van der Waals surface area contributed by atoms with Crippen LogP contribution in [-0.4, -0.2) is 30.7 Å². The second-order valence-electron chi connectivity index (χ2n) is 3.55. The molecule has 0 aromatic heterocycles. The number of rotatable bonds is 7. The topological polar surface area (TPSA) is 64.3 Å². The maximum atomic E-state index is 11.7. The van der Waals surface area contributed by atoms with Crippen LogP contribution in [0.4, 0.5) is 0 Å². The van der Waals surface area contributed by atoms with E-state index in [0.717, 1.165) is 6.42 Å². The molecule has 88 valence electrons. The second kappa shape index (κ2) is 7.59. The molecule has 0 spiro atoms. The molecule has 0 bridgehead atoms. The number of thiocarbonyl (C=S) groups is 1. The summed E-state index contributed by atoms with van der Waals surface area (Å²) in [6.45, 7) is 4.46. The Bertz CT molecular complexity index is 221. The summed E-state index contributed by atoms with van der Waals surface area (Å²) in [4.78, 5) is 11.9. The van der Waals surface area contributed by atoms with Gasteiger partial charge in [-0.05, 0) is 19.8 Å². The molecule has 0 radical (unpaired) electrons. The Hall–Kier alpha value is -0.680. The minimum absolute atomic E-state index is 0.0841. The van der Waals surface area contributed by atoms with E-state index in [1.165, 1.54) is 0 Å². The van der Waals surface area contributed by atoms with Gasteiger partial charge in [0, 0.05) is 19.8 Å². The lowest BCUT2D eigenvalue weighted by molar-refractivity contribution is -0.123. The third-order valence-corrected chi connectivity index (χ3v) is 2.50. The molecule has 3 N–H and O–H groups in total. The Kier molecular flexibility index (Phi) is 7.25. The molecule has 0 aromatic rings. The molecule has 0 heterocycles. The summed E-state index contributed by atoms with van der Waals surface area (Å²) in [5.74, 6) is -0.446. The van der Waals surface area contributed by atoms with E-state index in [-0.39, 0.29) is 22.9 Å². The van der Waals surface area contributed by atoms with Crippen LogP contribution >= 0.6 is 12.2 Å². The lowest BCUT2D eigenvalue weighted by atomic mass is 10.1. The molecule has 0 rings (SSSR count). The Morgan fingerprint density at radius 1 is 1.60 bits per heavy atom. The summed E-state index contributed by atoms with van der Waals surface area (Å²) in [5, 5.41) is 2.86. The third kappa shape index (κ3) is 5.69. The number of amides is 1. The van der Waals surface area contributed by atoms with Crippen LogP contribution in [0.15, 0.2) is 0 Å². The van der Waals surface area contributed by atoms with E-state index >= 15 is 0 Å². The van der Waals surface area contributed by atoms with Gasteiger partial charge in [0.25, 0.3) is 0 Å². The molecule has 15 heavy (non-hydrogen) atoms. The van der Waals surface area contributed by atoms with Crippen LogP contribution in [0.5, 0.6) is 0 Å². The molecular formula is C10H20N2O2S. The van der Waals surface area contributed by atoms with Crippen molar-refractivity contribution in [1.29, 1.82) is 0 Å². The van der Waals surface area contributed by atoms with Gasteiger partial charge < -0.3 is 15.8 Å². The van der Waals surface area contributed by atoms with Crippen LogP contribution in [-0.2, 0) is 9.53 Å². The largest absolute Gasteiger partial charge is 0.393 e. The molecule has 0 saturated carbocycles. The molecule has 0 aliphatic rings. The van der Waals surface area contributed by atoms with E-state index in [0.29, 0.717) is 13.0 Å². The fourth-order valence-corrected chi connectivity index (χ4v) is 1.50. The first kappa shape index (κ1) is 14.3. The number of hydrogen-bond donors (Lipinski definition) is 2. The van der Waals surface area contributed by atoms with Crippen molar-refractivity contribution in [2.24, 2.45) is 11.7 Å². The minimum atomic E-state index is -0.356. The second-order valence-corrected chi connectivity index (χ2v) is 4.03. The molecule has 0 aliphatic carbocycles. The monoisotopic (exact) mass is 232 g/mol. The first-order chi connectivity index (χ1) is 7.02. The van der Waals surface area contributed by atoms with E-state index in [4.69, 9.17) is 22.7 Å². The molecule has 2 atom stereocenters. The van der Waals surface area contributed by atoms with Crippen molar-refractivity contribution in [3.05, 3.63) is 0 Å². The van der Waals surface area contributed by atoms with Crippen LogP contribution < -0.4 is 11.1 Å². The quantitative estimate of drug-likeness (QED) is 0.638. The molecule has 0 fully saturated rings. The number of hydrogen-bond acceptors (Lipinski definition) is 3. The minimum Gasteiger partial charge on any atom is -0.393 e. The zero-order valence-corrected chi connectivity index (χ0v) is 10.4. The molecule has 1 amide bonds. The van der Waals surface area contributed by atoms with Crippen molar-refractivity contribution >= 4 is 23.1 Å². The van der Waals surface area contributed by atoms with E-state index in [2.05, 4.69) is 5.32 Å². The summed E-state index contributed by atoms with van der Waals surface area (Å²) in [6, 6.07) is 0.0841. The Labute approximate surface area is 96.5 Å².